The standard InChI is InChI=1S/C25H24N4O6S/c1-29(16-17-7-5-4-6-8-17)36(31,32)22-11-9-18(10-12-22)23(30)26-25-28-27-24(35-25)19-13-20(33-2)15-21(14-19)34-3/h4-15H,16H2,1-3H3,(H,26,28,30). The van der Waals surface area contributed by atoms with Gasteiger partial charge in [0.2, 0.25) is 15.9 Å². The minimum Gasteiger partial charge on any atom is -0.497 e. The number of nitrogens with one attached hydrogen (secondary N) is 1. The van der Waals surface area contributed by atoms with Crippen LogP contribution in [0.4, 0.5) is 6.01 Å². The van der Waals surface area contributed by atoms with Crippen LogP contribution >= 0.6 is 0 Å². The zero-order chi connectivity index (χ0) is 25.7. The number of nitrogens with zero attached hydrogens (tertiary/aromatic N) is 3. The van der Waals surface area contributed by atoms with Gasteiger partial charge in [0.15, 0.2) is 0 Å². The van der Waals surface area contributed by atoms with E-state index in [1.807, 2.05) is 30.3 Å². The summed E-state index contributed by atoms with van der Waals surface area (Å²) in [7, 11) is 0.818. The summed E-state index contributed by atoms with van der Waals surface area (Å²) < 4.78 is 43.1. The molecule has 0 spiro atoms. The molecule has 1 heterocycles. The summed E-state index contributed by atoms with van der Waals surface area (Å²) in [4.78, 5) is 12.7. The number of hydrogen-bond donors (Lipinski definition) is 1. The van der Waals surface area contributed by atoms with Gasteiger partial charge in [0.05, 0.1) is 19.1 Å². The molecule has 36 heavy (non-hydrogen) atoms. The van der Waals surface area contributed by atoms with Crippen molar-refractivity contribution in [2.75, 3.05) is 26.6 Å². The van der Waals surface area contributed by atoms with Crippen LogP contribution in [0, 0.1) is 0 Å². The van der Waals surface area contributed by atoms with Gasteiger partial charge < -0.3 is 13.9 Å². The van der Waals surface area contributed by atoms with Crippen LogP contribution in [0.25, 0.3) is 11.5 Å². The summed E-state index contributed by atoms with van der Waals surface area (Å²) in [5.74, 6) is 0.704. The van der Waals surface area contributed by atoms with E-state index in [-0.39, 0.29) is 28.9 Å². The van der Waals surface area contributed by atoms with Crippen LogP contribution in [0.15, 0.2) is 82.1 Å². The molecular formula is C25H24N4O6S. The summed E-state index contributed by atoms with van der Waals surface area (Å²) in [5.41, 5.74) is 1.64. The molecule has 1 aromatic heterocycles. The molecule has 4 rings (SSSR count). The van der Waals surface area contributed by atoms with E-state index in [0.717, 1.165) is 5.56 Å². The summed E-state index contributed by atoms with van der Waals surface area (Å²) in [6, 6.07) is 19.8. The van der Waals surface area contributed by atoms with E-state index in [4.69, 9.17) is 13.9 Å². The fourth-order valence-corrected chi connectivity index (χ4v) is 4.53. The Labute approximate surface area is 208 Å². The molecule has 1 N–H and O–H groups in total. The highest BCUT2D eigenvalue weighted by atomic mass is 32.2. The number of methoxy groups -OCH3 is 2. The highest BCUT2D eigenvalue weighted by molar-refractivity contribution is 7.89. The fourth-order valence-electron chi connectivity index (χ4n) is 3.37. The van der Waals surface area contributed by atoms with E-state index in [1.165, 1.54) is 49.8 Å². The number of carbonyl (C=O) groups is 1. The van der Waals surface area contributed by atoms with Crippen LogP contribution < -0.4 is 14.8 Å². The van der Waals surface area contributed by atoms with Crippen molar-refractivity contribution < 1.29 is 27.1 Å². The van der Waals surface area contributed by atoms with Gasteiger partial charge in [-0.1, -0.05) is 35.4 Å². The lowest BCUT2D eigenvalue weighted by molar-refractivity contribution is 0.102. The molecule has 0 aliphatic carbocycles. The van der Waals surface area contributed by atoms with Crippen molar-refractivity contribution in [1.82, 2.24) is 14.5 Å². The first-order chi connectivity index (χ1) is 17.3. The zero-order valence-electron chi connectivity index (χ0n) is 19.8. The highest BCUT2D eigenvalue weighted by Crippen LogP contribution is 2.29. The van der Waals surface area contributed by atoms with E-state index in [1.54, 1.807) is 18.2 Å². The van der Waals surface area contributed by atoms with Crippen LogP contribution in [-0.2, 0) is 16.6 Å². The number of rotatable bonds is 9. The Morgan fingerprint density at radius 3 is 2.19 bits per heavy atom. The number of sulfonamides is 1. The SMILES string of the molecule is COc1cc(OC)cc(-c2nnc(NC(=O)c3ccc(S(=O)(=O)N(C)Cc4ccccc4)cc3)o2)c1. The Hall–Kier alpha value is -4.22. The molecule has 0 fully saturated rings. The van der Waals surface area contributed by atoms with Crippen molar-refractivity contribution in [3.8, 4) is 23.0 Å². The maximum Gasteiger partial charge on any atom is 0.322 e. The summed E-state index contributed by atoms with van der Waals surface area (Å²) in [6.45, 7) is 0.226. The van der Waals surface area contributed by atoms with E-state index < -0.39 is 15.9 Å². The van der Waals surface area contributed by atoms with Gasteiger partial charge in [0.1, 0.15) is 11.5 Å². The number of amides is 1. The summed E-state index contributed by atoms with van der Waals surface area (Å²) in [6.07, 6.45) is 0. The minimum absolute atomic E-state index is 0.0736. The highest BCUT2D eigenvalue weighted by Gasteiger charge is 2.22. The van der Waals surface area contributed by atoms with Gasteiger partial charge in [0, 0.05) is 30.8 Å². The number of hydrogen-bond acceptors (Lipinski definition) is 8. The Bertz CT molecular complexity index is 1430. The van der Waals surface area contributed by atoms with Crippen LogP contribution in [0.3, 0.4) is 0 Å². The minimum atomic E-state index is -3.74. The predicted octanol–water partition coefficient (Wildman–Crippen LogP) is 3.83. The lowest BCUT2D eigenvalue weighted by atomic mass is 10.2. The molecule has 0 saturated heterocycles. The molecule has 0 radical (unpaired) electrons. The normalized spacial score (nSPS) is 11.3. The Morgan fingerprint density at radius 2 is 1.58 bits per heavy atom. The monoisotopic (exact) mass is 508 g/mol. The molecular weight excluding hydrogens is 484 g/mol. The van der Waals surface area contributed by atoms with Crippen molar-refractivity contribution in [3.05, 3.63) is 83.9 Å². The van der Waals surface area contributed by atoms with Crippen LogP contribution in [0.5, 0.6) is 11.5 Å². The van der Waals surface area contributed by atoms with Gasteiger partial charge in [-0.2, -0.15) is 4.31 Å². The first kappa shape index (κ1) is 24.9. The number of aromatic nitrogens is 2. The van der Waals surface area contributed by atoms with Crippen LogP contribution in [-0.4, -0.2) is 50.1 Å². The quantitative estimate of drug-likeness (QED) is 0.362. The molecule has 0 atom stereocenters. The molecule has 186 valence electrons. The van der Waals surface area contributed by atoms with Gasteiger partial charge in [-0.25, -0.2) is 8.42 Å². The van der Waals surface area contributed by atoms with Crippen LogP contribution in [0.1, 0.15) is 15.9 Å². The lowest BCUT2D eigenvalue weighted by Crippen LogP contribution is -2.26. The van der Waals surface area contributed by atoms with Gasteiger partial charge in [-0.05, 0) is 42.0 Å². The Balaban J connectivity index is 1.45. The molecule has 4 aromatic rings. The van der Waals surface area contributed by atoms with Gasteiger partial charge >= 0.3 is 6.01 Å². The number of ether oxygens (including phenoxy) is 2. The second-order valence-corrected chi connectivity index (χ2v) is 9.78. The van der Waals surface area contributed by atoms with E-state index >= 15 is 0 Å². The van der Waals surface area contributed by atoms with E-state index in [0.29, 0.717) is 17.1 Å². The lowest BCUT2D eigenvalue weighted by Gasteiger charge is -2.17. The molecule has 0 aliphatic heterocycles. The largest absolute Gasteiger partial charge is 0.497 e. The van der Waals surface area contributed by atoms with E-state index in [9.17, 15) is 13.2 Å². The summed E-state index contributed by atoms with van der Waals surface area (Å²) >= 11 is 0. The molecule has 0 aliphatic rings. The first-order valence-electron chi connectivity index (χ1n) is 10.8. The molecule has 0 bridgehead atoms. The van der Waals surface area contributed by atoms with Gasteiger partial charge in [0.25, 0.3) is 5.91 Å². The van der Waals surface area contributed by atoms with E-state index in [2.05, 4.69) is 15.5 Å². The third-order valence-corrected chi connectivity index (χ3v) is 7.13. The third kappa shape index (κ3) is 5.53. The number of carbonyl (C=O) groups excluding carboxylic acids is 1. The maximum atomic E-state index is 12.9. The molecule has 10 nitrogen and oxygen atoms in total. The average Bonchev–Trinajstić information content (AvgIpc) is 3.37. The van der Waals surface area contributed by atoms with Gasteiger partial charge in [-0.15, -0.1) is 5.10 Å². The molecule has 3 aromatic carbocycles. The van der Waals surface area contributed by atoms with Crippen molar-refractivity contribution in [1.29, 1.82) is 0 Å². The topological polar surface area (TPSA) is 124 Å². The molecule has 0 saturated carbocycles. The molecule has 0 unspecified atom stereocenters. The van der Waals surface area contributed by atoms with Crippen molar-refractivity contribution in [2.45, 2.75) is 11.4 Å². The third-order valence-electron chi connectivity index (χ3n) is 5.32. The zero-order valence-corrected chi connectivity index (χ0v) is 20.7. The smallest absolute Gasteiger partial charge is 0.322 e. The fraction of sp³-hybridized carbons (Fsp3) is 0.160. The molecule has 1 amide bonds. The Morgan fingerprint density at radius 1 is 0.944 bits per heavy atom. The average molecular weight is 509 g/mol. The van der Waals surface area contributed by atoms with Crippen LogP contribution in [0.2, 0.25) is 0 Å². The predicted molar refractivity (Wildman–Crippen MR) is 132 cm³/mol. The van der Waals surface area contributed by atoms with Crippen molar-refractivity contribution >= 4 is 21.9 Å². The maximum absolute atomic E-state index is 12.9. The number of anilines is 1. The second-order valence-electron chi connectivity index (χ2n) is 7.74. The van der Waals surface area contributed by atoms with Crippen molar-refractivity contribution in [3.63, 3.8) is 0 Å². The first-order valence-corrected chi connectivity index (χ1v) is 12.2. The van der Waals surface area contributed by atoms with Crippen molar-refractivity contribution in [2.24, 2.45) is 0 Å². The number of benzene rings is 3. The molecule has 11 heteroatoms. The summed E-state index contributed by atoms with van der Waals surface area (Å²) in [5, 5.41) is 10.3. The second kappa shape index (κ2) is 10.6. The van der Waals surface area contributed by atoms with Gasteiger partial charge in [-0.3, -0.25) is 10.1 Å². The Kier molecular flexibility index (Phi) is 7.32.